The Morgan fingerprint density at radius 2 is 1.52 bits per heavy atom. The van der Waals surface area contributed by atoms with E-state index in [-0.39, 0.29) is 23.5 Å². The average Bonchev–Trinajstić information content (AvgIpc) is 3.03. The van der Waals surface area contributed by atoms with Gasteiger partial charge in [0.05, 0.1) is 17.2 Å². The molecular formula is C33H33BrFN3O5S. The molecule has 4 aromatic carbocycles. The molecule has 4 rings (SSSR count). The third-order valence-electron chi connectivity index (χ3n) is 6.90. The second-order valence-electron chi connectivity index (χ2n) is 9.86. The number of halogens is 2. The fourth-order valence-corrected chi connectivity index (χ4v) is 6.32. The summed E-state index contributed by atoms with van der Waals surface area (Å²) in [6.07, 6.45) is 0.199. The first kappa shape index (κ1) is 32.7. The molecule has 0 saturated heterocycles. The van der Waals surface area contributed by atoms with Crippen molar-refractivity contribution in [3.05, 3.63) is 125 Å². The lowest BCUT2D eigenvalue weighted by molar-refractivity contribution is -0.139. The van der Waals surface area contributed by atoms with E-state index in [1.165, 1.54) is 48.3 Å². The Bertz CT molecular complexity index is 1650. The Morgan fingerprint density at radius 3 is 2.11 bits per heavy atom. The quantitative estimate of drug-likeness (QED) is 0.199. The van der Waals surface area contributed by atoms with Crippen molar-refractivity contribution in [2.45, 2.75) is 30.8 Å². The Kier molecular flexibility index (Phi) is 11.1. The molecule has 0 aliphatic carbocycles. The van der Waals surface area contributed by atoms with Crippen LogP contribution in [0.15, 0.2) is 112 Å². The summed E-state index contributed by atoms with van der Waals surface area (Å²) in [6, 6.07) is 26.3. The Morgan fingerprint density at radius 1 is 0.886 bits per heavy atom. The molecule has 1 atom stereocenters. The molecule has 230 valence electrons. The lowest BCUT2D eigenvalue weighted by Gasteiger charge is -2.33. The summed E-state index contributed by atoms with van der Waals surface area (Å²) < 4.78 is 49.2. The molecule has 1 N–H and O–H groups in total. The lowest BCUT2D eigenvalue weighted by atomic mass is 10.0. The van der Waals surface area contributed by atoms with Gasteiger partial charge in [-0.1, -0.05) is 58.4 Å². The molecule has 0 fully saturated rings. The number of ether oxygens (including phenoxy) is 1. The molecule has 0 unspecified atom stereocenters. The fourth-order valence-electron chi connectivity index (χ4n) is 4.64. The summed E-state index contributed by atoms with van der Waals surface area (Å²) in [5.74, 6) is -1.08. The molecule has 0 heterocycles. The van der Waals surface area contributed by atoms with Crippen molar-refractivity contribution in [2.75, 3.05) is 24.5 Å². The maximum absolute atomic E-state index is 14.3. The molecule has 0 bridgehead atoms. The number of hydrogen-bond acceptors (Lipinski definition) is 5. The van der Waals surface area contributed by atoms with Crippen molar-refractivity contribution in [3.8, 4) is 5.75 Å². The summed E-state index contributed by atoms with van der Waals surface area (Å²) >= 11 is 3.42. The van der Waals surface area contributed by atoms with Gasteiger partial charge in [-0.25, -0.2) is 12.8 Å². The van der Waals surface area contributed by atoms with Crippen LogP contribution in [-0.2, 0) is 32.6 Å². The van der Waals surface area contributed by atoms with Gasteiger partial charge in [-0.3, -0.25) is 13.9 Å². The lowest BCUT2D eigenvalue weighted by Crippen LogP contribution is -2.53. The first-order valence-electron chi connectivity index (χ1n) is 13.9. The van der Waals surface area contributed by atoms with Crippen LogP contribution in [0.1, 0.15) is 18.1 Å². The van der Waals surface area contributed by atoms with Gasteiger partial charge in [0.2, 0.25) is 11.8 Å². The van der Waals surface area contributed by atoms with E-state index < -0.39 is 40.2 Å². The Balaban J connectivity index is 1.76. The highest BCUT2D eigenvalue weighted by atomic mass is 79.9. The van der Waals surface area contributed by atoms with E-state index in [1.807, 2.05) is 61.5 Å². The number of benzene rings is 4. The number of sulfonamides is 1. The fraction of sp³-hybridized carbons (Fsp3) is 0.212. The van der Waals surface area contributed by atoms with E-state index in [4.69, 9.17) is 4.74 Å². The van der Waals surface area contributed by atoms with Crippen molar-refractivity contribution in [2.24, 2.45) is 0 Å². The zero-order valence-electron chi connectivity index (χ0n) is 24.3. The van der Waals surface area contributed by atoms with Crippen molar-refractivity contribution >= 4 is 43.5 Å². The van der Waals surface area contributed by atoms with Crippen LogP contribution in [0.25, 0.3) is 0 Å². The minimum atomic E-state index is -4.32. The van der Waals surface area contributed by atoms with Gasteiger partial charge in [0.1, 0.15) is 24.2 Å². The van der Waals surface area contributed by atoms with Gasteiger partial charge in [-0.15, -0.1) is 0 Å². The number of anilines is 1. The van der Waals surface area contributed by atoms with Gasteiger partial charge in [0.25, 0.3) is 10.0 Å². The molecule has 0 aliphatic heterocycles. The molecule has 4 aromatic rings. The SMILES string of the molecule is CCOc1ccc(S(=O)(=O)N(CC(=O)N(Cc2ccc(Br)cc2)[C@H](Cc2ccccc2)C(=O)NC)c2ccc(F)cc2)cc1. The summed E-state index contributed by atoms with van der Waals surface area (Å²) in [5, 5.41) is 2.65. The van der Waals surface area contributed by atoms with Crippen LogP contribution >= 0.6 is 15.9 Å². The number of nitrogens with one attached hydrogen (secondary N) is 1. The van der Waals surface area contributed by atoms with E-state index in [1.54, 1.807) is 0 Å². The van der Waals surface area contributed by atoms with Crippen LogP contribution in [0.3, 0.4) is 0 Å². The minimum absolute atomic E-state index is 0.0391. The maximum Gasteiger partial charge on any atom is 0.264 e. The van der Waals surface area contributed by atoms with Crippen molar-refractivity contribution in [1.82, 2.24) is 10.2 Å². The second-order valence-corrected chi connectivity index (χ2v) is 12.6. The molecular weight excluding hydrogens is 649 g/mol. The van der Waals surface area contributed by atoms with Crippen molar-refractivity contribution < 1.29 is 27.1 Å². The van der Waals surface area contributed by atoms with Crippen molar-refractivity contribution in [3.63, 3.8) is 0 Å². The predicted molar refractivity (Wildman–Crippen MR) is 171 cm³/mol. The maximum atomic E-state index is 14.3. The van der Waals surface area contributed by atoms with Gasteiger partial charge in [-0.05, 0) is 78.7 Å². The predicted octanol–water partition coefficient (Wildman–Crippen LogP) is 5.57. The van der Waals surface area contributed by atoms with E-state index in [0.717, 1.165) is 32.0 Å². The monoisotopic (exact) mass is 681 g/mol. The standard InChI is InChI=1S/C33H33BrFN3O5S/c1-3-43-29-17-19-30(20-18-29)44(41,42)38(28-15-13-27(35)14-16-28)23-32(39)37(22-25-9-11-26(34)12-10-25)31(33(40)36-2)21-24-7-5-4-6-8-24/h4-20,31H,3,21-23H2,1-2H3,(H,36,40)/t31-/m1/s1. The highest BCUT2D eigenvalue weighted by molar-refractivity contribution is 9.10. The van der Waals surface area contributed by atoms with E-state index >= 15 is 0 Å². The van der Waals surface area contributed by atoms with E-state index in [2.05, 4.69) is 21.2 Å². The number of rotatable bonds is 13. The van der Waals surface area contributed by atoms with Crippen LogP contribution in [0.5, 0.6) is 5.75 Å². The minimum Gasteiger partial charge on any atom is -0.494 e. The number of amides is 2. The highest BCUT2D eigenvalue weighted by Crippen LogP contribution is 2.27. The van der Waals surface area contributed by atoms with Crippen LogP contribution in [-0.4, -0.2) is 51.4 Å². The number of carbonyl (C=O) groups is 2. The number of hydrogen-bond donors (Lipinski definition) is 1. The summed E-state index contributed by atoms with van der Waals surface area (Å²) in [5.41, 5.74) is 1.66. The van der Waals surface area contributed by atoms with E-state index in [0.29, 0.717) is 12.4 Å². The summed E-state index contributed by atoms with van der Waals surface area (Å²) in [7, 11) is -2.83. The van der Waals surface area contributed by atoms with Crippen molar-refractivity contribution in [1.29, 1.82) is 0 Å². The third kappa shape index (κ3) is 8.23. The molecule has 2 amide bonds. The van der Waals surface area contributed by atoms with Gasteiger partial charge >= 0.3 is 0 Å². The van der Waals surface area contributed by atoms with Gasteiger partial charge in [0.15, 0.2) is 0 Å². The molecule has 44 heavy (non-hydrogen) atoms. The summed E-state index contributed by atoms with van der Waals surface area (Å²) in [6.45, 7) is 1.62. The first-order valence-corrected chi connectivity index (χ1v) is 16.2. The van der Waals surface area contributed by atoms with Crippen LogP contribution < -0.4 is 14.4 Å². The molecule has 0 aliphatic rings. The van der Waals surface area contributed by atoms with Crippen LogP contribution in [0, 0.1) is 5.82 Å². The molecule has 0 saturated carbocycles. The number of nitrogens with zero attached hydrogens (tertiary/aromatic N) is 2. The Hall–Kier alpha value is -4.22. The first-order chi connectivity index (χ1) is 21.1. The highest BCUT2D eigenvalue weighted by Gasteiger charge is 2.34. The normalized spacial score (nSPS) is 11.8. The van der Waals surface area contributed by atoms with Gasteiger partial charge < -0.3 is 15.0 Å². The zero-order chi connectivity index (χ0) is 31.7. The molecule has 11 heteroatoms. The van der Waals surface area contributed by atoms with E-state index in [9.17, 15) is 22.4 Å². The molecule has 8 nitrogen and oxygen atoms in total. The Labute approximate surface area is 265 Å². The average molecular weight is 683 g/mol. The molecule has 0 radical (unpaired) electrons. The van der Waals surface area contributed by atoms with Crippen LogP contribution in [0.2, 0.25) is 0 Å². The topological polar surface area (TPSA) is 96.0 Å². The molecule has 0 aromatic heterocycles. The molecule has 0 spiro atoms. The van der Waals surface area contributed by atoms with Gasteiger partial charge in [0, 0.05) is 24.5 Å². The van der Waals surface area contributed by atoms with Gasteiger partial charge in [-0.2, -0.15) is 0 Å². The zero-order valence-corrected chi connectivity index (χ0v) is 26.7. The second kappa shape index (κ2) is 15.0. The summed E-state index contributed by atoms with van der Waals surface area (Å²) in [4.78, 5) is 28.9. The number of carbonyl (C=O) groups excluding carboxylic acids is 2. The largest absolute Gasteiger partial charge is 0.494 e. The van der Waals surface area contributed by atoms with Crippen LogP contribution in [0.4, 0.5) is 10.1 Å². The number of likely N-dealkylation sites (N-methyl/N-ethyl adjacent to an activating group) is 1. The smallest absolute Gasteiger partial charge is 0.264 e. The third-order valence-corrected chi connectivity index (χ3v) is 9.22.